The predicted molar refractivity (Wildman–Crippen MR) is 115 cm³/mol. The minimum atomic E-state index is -0.457. The van der Waals surface area contributed by atoms with Crippen molar-refractivity contribution in [3.8, 4) is 0 Å². The lowest BCUT2D eigenvalue weighted by molar-refractivity contribution is -0.156. The average Bonchev–Trinajstić information content (AvgIpc) is 3.36. The lowest BCUT2D eigenvalue weighted by atomic mass is 9.96. The molecule has 0 radical (unpaired) electrons. The molecule has 0 spiro atoms. The van der Waals surface area contributed by atoms with Gasteiger partial charge in [0.25, 0.3) is 0 Å². The fourth-order valence-corrected chi connectivity index (χ4v) is 4.21. The smallest absolute Gasteiger partial charge is 0.326 e. The molecule has 2 rings (SSSR count). The van der Waals surface area contributed by atoms with Crippen LogP contribution in [0.15, 0.2) is 23.3 Å². The average molecular weight is 428 g/mol. The van der Waals surface area contributed by atoms with Gasteiger partial charge in [-0.25, -0.2) is 0 Å². The first-order valence-corrected chi connectivity index (χ1v) is 11.6. The summed E-state index contributed by atoms with van der Waals surface area (Å²) in [4.78, 5) is 12.8. The highest BCUT2D eigenvalue weighted by Crippen LogP contribution is 2.33. The summed E-state index contributed by atoms with van der Waals surface area (Å²) >= 11 is 3.53. The third-order valence-corrected chi connectivity index (χ3v) is 6.09. The summed E-state index contributed by atoms with van der Waals surface area (Å²) in [6.45, 7) is 9.00. The van der Waals surface area contributed by atoms with E-state index in [1.165, 1.54) is 24.0 Å². The third kappa shape index (κ3) is 6.84. The molecule has 2 aliphatic carbocycles. The molecule has 26 heavy (non-hydrogen) atoms. The number of carbonyl (C=O) groups is 1. The first-order chi connectivity index (χ1) is 12.6. The molecule has 0 aromatic carbocycles. The predicted octanol–water partition coefficient (Wildman–Crippen LogP) is 6.08. The molecule has 2 aliphatic rings. The Balaban J connectivity index is 0.00000163. The van der Waals surface area contributed by atoms with Gasteiger partial charge in [-0.2, -0.15) is 0 Å². The van der Waals surface area contributed by atoms with E-state index in [4.69, 9.17) is 4.74 Å². The lowest BCUT2D eigenvalue weighted by Gasteiger charge is -2.30. The molecule has 0 saturated heterocycles. The molecule has 0 heterocycles. The number of carbonyl (C=O) groups excluding carboxylic acids is 1. The third-order valence-electron chi connectivity index (χ3n) is 5.45. The number of rotatable bonds is 8. The van der Waals surface area contributed by atoms with Crippen molar-refractivity contribution in [2.45, 2.75) is 97.1 Å². The van der Waals surface area contributed by atoms with Gasteiger partial charge in [-0.05, 0) is 57.4 Å². The highest BCUT2D eigenvalue weighted by atomic mass is 79.9. The van der Waals surface area contributed by atoms with E-state index in [-0.39, 0.29) is 12.1 Å². The van der Waals surface area contributed by atoms with Crippen LogP contribution in [-0.2, 0) is 9.53 Å². The molecule has 1 N–H and O–H groups in total. The molecule has 0 unspecified atom stereocenters. The van der Waals surface area contributed by atoms with E-state index in [1.54, 1.807) is 0 Å². The number of halogens is 1. The maximum atomic E-state index is 12.8. The quantitative estimate of drug-likeness (QED) is 0.289. The molecule has 0 bridgehead atoms. The molecule has 0 atom stereocenters. The van der Waals surface area contributed by atoms with Crippen molar-refractivity contribution in [2.24, 2.45) is 0 Å². The Morgan fingerprint density at radius 3 is 2.31 bits per heavy atom. The first-order valence-electron chi connectivity index (χ1n) is 10.5. The standard InChI is InChI=1S/C20H32BrNO2.C2H6/c1-3-16(14-21)13-17(4-2)15-22-20(11-7-8-12-20)19(23)24-18-9-5-6-10-18;1-2/h3,13,18,22H,4-12,14-15H2,1-2H3;1-2H3/b16-3+,17-13+;. The van der Waals surface area contributed by atoms with Crippen LogP contribution in [0.3, 0.4) is 0 Å². The Bertz CT molecular complexity index is 473. The van der Waals surface area contributed by atoms with E-state index in [0.29, 0.717) is 0 Å². The molecular formula is C22H38BrNO2. The number of esters is 1. The zero-order valence-electron chi connectivity index (χ0n) is 17.2. The normalized spacial score (nSPS) is 20.7. The van der Waals surface area contributed by atoms with E-state index >= 15 is 0 Å². The van der Waals surface area contributed by atoms with Gasteiger partial charge in [0.15, 0.2) is 0 Å². The summed E-state index contributed by atoms with van der Waals surface area (Å²) in [7, 11) is 0. The molecule has 2 saturated carbocycles. The number of nitrogens with one attached hydrogen (secondary N) is 1. The van der Waals surface area contributed by atoms with Crippen LogP contribution in [0.4, 0.5) is 0 Å². The van der Waals surface area contributed by atoms with E-state index < -0.39 is 5.54 Å². The largest absolute Gasteiger partial charge is 0.461 e. The topological polar surface area (TPSA) is 38.3 Å². The number of ether oxygens (including phenoxy) is 1. The first kappa shape index (κ1) is 23.4. The van der Waals surface area contributed by atoms with Gasteiger partial charge < -0.3 is 4.74 Å². The zero-order chi connectivity index (χ0) is 19.4. The van der Waals surface area contributed by atoms with Crippen molar-refractivity contribution in [3.63, 3.8) is 0 Å². The van der Waals surface area contributed by atoms with Gasteiger partial charge in [-0.1, -0.05) is 67.3 Å². The van der Waals surface area contributed by atoms with Crippen LogP contribution >= 0.6 is 15.9 Å². The van der Waals surface area contributed by atoms with Crippen LogP contribution in [0.5, 0.6) is 0 Å². The van der Waals surface area contributed by atoms with Crippen molar-refractivity contribution in [1.29, 1.82) is 0 Å². The van der Waals surface area contributed by atoms with Crippen LogP contribution in [-0.4, -0.2) is 29.5 Å². The Hall–Kier alpha value is -0.610. The summed E-state index contributed by atoms with van der Waals surface area (Å²) in [5.41, 5.74) is 2.16. The number of alkyl halides is 1. The second kappa shape index (κ2) is 12.7. The molecule has 150 valence electrons. The van der Waals surface area contributed by atoms with Crippen LogP contribution in [0.2, 0.25) is 0 Å². The number of hydrogen-bond donors (Lipinski definition) is 1. The van der Waals surface area contributed by atoms with E-state index in [2.05, 4.69) is 47.2 Å². The van der Waals surface area contributed by atoms with E-state index in [1.807, 2.05) is 13.8 Å². The highest BCUT2D eigenvalue weighted by Gasteiger charge is 2.43. The fourth-order valence-electron chi connectivity index (χ4n) is 3.72. The Kier molecular flexibility index (Phi) is 11.5. The highest BCUT2D eigenvalue weighted by molar-refractivity contribution is 9.09. The van der Waals surface area contributed by atoms with Crippen LogP contribution in [0, 0.1) is 0 Å². The number of allylic oxidation sites excluding steroid dienone is 3. The van der Waals surface area contributed by atoms with Gasteiger partial charge in [-0.3, -0.25) is 10.1 Å². The lowest BCUT2D eigenvalue weighted by Crippen LogP contribution is -2.52. The molecule has 0 aromatic heterocycles. The second-order valence-electron chi connectivity index (χ2n) is 7.11. The SMILES string of the molecule is C/C=C(\C=C(/CC)CNC1(C(=O)OC2CCCC2)CCCC1)CBr.CC. The van der Waals surface area contributed by atoms with Crippen molar-refractivity contribution >= 4 is 21.9 Å². The molecule has 0 aliphatic heterocycles. The van der Waals surface area contributed by atoms with Crippen LogP contribution < -0.4 is 5.32 Å². The van der Waals surface area contributed by atoms with E-state index in [9.17, 15) is 4.79 Å². The zero-order valence-corrected chi connectivity index (χ0v) is 18.8. The monoisotopic (exact) mass is 427 g/mol. The van der Waals surface area contributed by atoms with Crippen molar-refractivity contribution in [3.05, 3.63) is 23.3 Å². The summed E-state index contributed by atoms with van der Waals surface area (Å²) in [6, 6.07) is 0. The molecule has 0 aromatic rings. The van der Waals surface area contributed by atoms with Gasteiger partial charge in [0.2, 0.25) is 0 Å². The summed E-state index contributed by atoms with van der Waals surface area (Å²) < 4.78 is 5.85. The minimum Gasteiger partial charge on any atom is -0.461 e. The van der Waals surface area contributed by atoms with Gasteiger partial charge in [0.1, 0.15) is 11.6 Å². The van der Waals surface area contributed by atoms with Crippen molar-refractivity contribution in [2.75, 3.05) is 11.9 Å². The maximum Gasteiger partial charge on any atom is 0.326 e. The van der Waals surface area contributed by atoms with E-state index in [0.717, 1.165) is 56.8 Å². The molecule has 2 fully saturated rings. The minimum absolute atomic E-state index is 0.00546. The summed E-state index contributed by atoms with van der Waals surface area (Å²) in [5.74, 6) is -0.00546. The van der Waals surface area contributed by atoms with Gasteiger partial charge in [0.05, 0.1) is 0 Å². The molecule has 3 nitrogen and oxygen atoms in total. The van der Waals surface area contributed by atoms with Crippen molar-refractivity contribution < 1.29 is 9.53 Å². The van der Waals surface area contributed by atoms with Crippen LogP contribution in [0.25, 0.3) is 0 Å². The van der Waals surface area contributed by atoms with Crippen LogP contribution in [0.1, 0.15) is 85.5 Å². The Morgan fingerprint density at radius 2 is 1.81 bits per heavy atom. The fraction of sp³-hybridized carbons (Fsp3) is 0.773. The Labute approximate surface area is 169 Å². The Morgan fingerprint density at radius 1 is 1.19 bits per heavy atom. The maximum absolute atomic E-state index is 12.8. The molecular weight excluding hydrogens is 390 g/mol. The van der Waals surface area contributed by atoms with Crippen molar-refractivity contribution in [1.82, 2.24) is 5.32 Å². The summed E-state index contributed by atoms with van der Waals surface area (Å²) in [5, 5.41) is 4.45. The molecule has 4 heteroatoms. The van der Waals surface area contributed by atoms with Gasteiger partial charge in [-0.15, -0.1) is 0 Å². The van der Waals surface area contributed by atoms with Gasteiger partial charge in [0, 0.05) is 11.9 Å². The second-order valence-corrected chi connectivity index (χ2v) is 7.67. The molecule has 0 amide bonds. The summed E-state index contributed by atoms with van der Waals surface area (Å²) in [6.07, 6.45) is 14.0. The number of hydrogen-bond acceptors (Lipinski definition) is 3. The van der Waals surface area contributed by atoms with Gasteiger partial charge >= 0.3 is 5.97 Å².